The molecule has 0 saturated carbocycles. The first kappa shape index (κ1) is 24.6. The number of hydrogen-bond acceptors (Lipinski definition) is 10. The van der Waals surface area contributed by atoms with Gasteiger partial charge in [-0.2, -0.15) is 0 Å². The summed E-state index contributed by atoms with van der Waals surface area (Å²) in [7, 11) is 1.45. The van der Waals surface area contributed by atoms with Crippen molar-refractivity contribution < 1.29 is 38.4 Å². The fraction of sp³-hybridized carbons (Fsp3) is 0.333. The first-order valence-corrected chi connectivity index (χ1v) is 11.4. The predicted octanol–water partition coefficient (Wildman–Crippen LogP) is 0.945. The number of pyridine rings is 2. The number of aliphatic hydroxyl groups is 2. The van der Waals surface area contributed by atoms with Gasteiger partial charge in [0.15, 0.2) is 12.7 Å². The van der Waals surface area contributed by atoms with Crippen LogP contribution >= 0.6 is 0 Å². The molecule has 0 aliphatic carbocycles. The third kappa shape index (κ3) is 4.96. The van der Waals surface area contributed by atoms with Crippen LogP contribution in [0.1, 0.15) is 5.56 Å². The third-order valence-electron chi connectivity index (χ3n) is 6.12. The summed E-state index contributed by atoms with van der Waals surface area (Å²) in [4.78, 5) is 33.6. The van der Waals surface area contributed by atoms with Gasteiger partial charge in [-0.1, -0.05) is 0 Å². The highest BCUT2D eigenvalue weighted by molar-refractivity contribution is 5.97. The van der Waals surface area contributed by atoms with Gasteiger partial charge in [-0.15, -0.1) is 0 Å². The summed E-state index contributed by atoms with van der Waals surface area (Å²) in [6.07, 6.45) is -3.39. The molecule has 1 unspecified atom stereocenters. The zero-order valence-corrected chi connectivity index (χ0v) is 19.7. The molecular formula is C24H24FN5O7. The minimum absolute atomic E-state index is 0.00566. The molecule has 3 aromatic rings. The van der Waals surface area contributed by atoms with Crippen molar-refractivity contribution in [2.75, 3.05) is 37.0 Å². The van der Waals surface area contributed by atoms with Gasteiger partial charge in [-0.3, -0.25) is 14.7 Å². The van der Waals surface area contributed by atoms with Crippen LogP contribution in [-0.2, 0) is 16.1 Å². The minimum Gasteiger partial charge on any atom is -0.482 e. The average molecular weight is 513 g/mol. The van der Waals surface area contributed by atoms with Crippen molar-refractivity contribution in [2.45, 2.75) is 24.9 Å². The molecule has 37 heavy (non-hydrogen) atoms. The molecule has 13 heteroatoms. The molecule has 2 aliphatic rings. The molecule has 3 atom stereocenters. The molecule has 0 radical (unpaired) electrons. The summed E-state index contributed by atoms with van der Waals surface area (Å²) in [5.41, 5.74) is 1.87. The topological polar surface area (TPSA) is 155 Å². The van der Waals surface area contributed by atoms with Crippen molar-refractivity contribution in [3.8, 4) is 11.6 Å². The summed E-state index contributed by atoms with van der Waals surface area (Å²) < 4.78 is 30.2. The molecule has 1 fully saturated rings. The minimum atomic E-state index is -1.42. The molecule has 4 heterocycles. The first-order chi connectivity index (χ1) is 17.8. The first-order valence-electron chi connectivity index (χ1n) is 11.4. The van der Waals surface area contributed by atoms with Gasteiger partial charge < -0.3 is 35.1 Å². The van der Waals surface area contributed by atoms with Crippen LogP contribution in [0.2, 0.25) is 0 Å². The van der Waals surface area contributed by atoms with E-state index in [-0.39, 0.29) is 37.7 Å². The zero-order chi connectivity index (χ0) is 26.1. The van der Waals surface area contributed by atoms with Crippen molar-refractivity contribution in [1.29, 1.82) is 0 Å². The van der Waals surface area contributed by atoms with Gasteiger partial charge in [-0.25, -0.2) is 14.2 Å². The number of cyclic esters (lactones) is 1. The van der Waals surface area contributed by atoms with Gasteiger partial charge in [0.05, 0.1) is 37.2 Å². The molecule has 1 aromatic carbocycles. The van der Waals surface area contributed by atoms with E-state index in [4.69, 9.17) is 14.2 Å². The number of carbonyl (C=O) groups excluding carboxylic acids is 2. The maximum atomic E-state index is 14.5. The molecule has 0 bridgehead atoms. The Kier molecular flexibility index (Phi) is 6.74. The third-order valence-corrected chi connectivity index (χ3v) is 6.12. The summed E-state index contributed by atoms with van der Waals surface area (Å²) in [5, 5.41) is 26.7. The molecule has 5 rings (SSSR count). The molecule has 12 nitrogen and oxygen atoms in total. The lowest BCUT2D eigenvalue weighted by atomic mass is 10.1. The Balaban J connectivity index is 1.21. The molecule has 0 spiro atoms. The normalized spacial score (nSPS) is 18.6. The Morgan fingerprint density at radius 1 is 1.30 bits per heavy atom. The highest BCUT2D eigenvalue weighted by atomic mass is 19.1. The standard InChI is InChI=1S/C24H24FN5O7/c1-35-21-5-3-15-22(29-21)13(14(25)8-27-15)7-26-9-17(31)23(33)19-10-30(24(34)37-19)12-2-4-18-16(6-12)28-20(32)11-36-18/h2-6,8,17,19,23,26,31,33H,7,9-11H2,1H3,(H,28,32)/t17-,19-,23?/m1/s1. The molecule has 4 N–H and O–H groups in total. The van der Waals surface area contributed by atoms with Gasteiger partial charge in [0, 0.05) is 30.4 Å². The number of anilines is 2. The largest absolute Gasteiger partial charge is 0.482 e. The van der Waals surface area contributed by atoms with Crippen LogP contribution in [0.15, 0.2) is 36.5 Å². The van der Waals surface area contributed by atoms with Gasteiger partial charge in [0.25, 0.3) is 5.91 Å². The second-order valence-corrected chi connectivity index (χ2v) is 8.55. The monoisotopic (exact) mass is 513 g/mol. The van der Waals surface area contributed by atoms with E-state index >= 15 is 0 Å². The van der Waals surface area contributed by atoms with E-state index in [9.17, 15) is 24.2 Å². The maximum Gasteiger partial charge on any atom is 0.414 e. The van der Waals surface area contributed by atoms with Crippen molar-refractivity contribution in [3.05, 3.63) is 47.9 Å². The van der Waals surface area contributed by atoms with Gasteiger partial charge in [-0.05, 0) is 24.3 Å². The number of benzene rings is 1. The Labute approximate surface area is 210 Å². The number of rotatable bonds is 8. The Bertz CT molecular complexity index is 1360. The number of carbonyl (C=O) groups is 2. The molecule has 1 saturated heterocycles. The predicted molar refractivity (Wildman–Crippen MR) is 128 cm³/mol. The molecule has 194 valence electrons. The van der Waals surface area contributed by atoms with E-state index in [0.717, 1.165) is 6.20 Å². The van der Waals surface area contributed by atoms with E-state index in [1.54, 1.807) is 30.3 Å². The number of amides is 2. The number of halogens is 1. The second-order valence-electron chi connectivity index (χ2n) is 8.55. The summed E-state index contributed by atoms with van der Waals surface area (Å²) >= 11 is 0. The fourth-order valence-electron chi connectivity index (χ4n) is 4.19. The number of nitrogens with zero attached hydrogens (tertiary/aromatic N) is 3. The maximum absolute atomic E-state index is 14.5. The number of aliphatic hydroxyl groups excluding tert-OH is 2. The average Bonchev–Trinajstić information content (AvgIpc) is 3.29. The number of nitrogens with one attached hydrogen (secondary N) is 2. The van der Waals surface area contributed by atoms with Crippen molar-refractivity contribution in [3.63, 3.8) is 0 Å². The van der Waals surface area contributed by atoms with Crippen LogP contribution < -0.4 is 25.0 Å². The number of ether oxygens (including phenoxy) is 3. The van der Waals surface area contributed by atoms with E-state index in [2.05, 4.69) is 20.6 Å². The van der Waals surface area contributed by atoms with E-state index in [1.165, 1.54) is 12.0 Å². The molecular weight excluding hydrogens is 489 g/mol. The Morgan fingerprint density at radius 2 is 2.14 bits per heavy atom. The number of fused-ring (bicyclic) bond motifs is 2. The second kappa shape index (κ2) is 10.1. The number of aromatic nitrogens is 2. The number of hydrogen-bond donors (Lipinski definition) is 4. The van der Waals surface area contributed by atoms with Crippen molar-refractivity contribution in [2.24, 2.45) is 0 Å². The smallest absolute Gasteiger partial charge is 0.414 e. The molecule has 2 aliphatic heterocycles. The highest BCUT2D eigenvalue weighted by Gasteiger charge is 2.40. The zero-order valence-electron chi connectivity index (χ0n) is 19.7. The highest BCUT2D eigenvalue weighted by Crippen LogP contribution is 2.34. The SMILES string of the molecule is COc1ccc2ncc(F)c(CNC[C@@H](O)C(O)[C@H]3CN(c4ccc5c(c4)NC(=O)CO5)C(=O)O3)c2n1. The lowest BCUT2D eigenvalue weighted by Crippen LogP contribution is -2.44. The van der Waals surface area contributed by atoms with Gasteiger partial charge in [0.1, 0.15) is 23.2 Å². The summed E-state index contributed by atoms with van der Waals surface area (Å²) in [6, 6.07) is 8.08. The summed E-state index contributed by atoms with van der Waals surface area (Å²) in [6.45, 7) is -0.246. The number of methoxy groups -OCH3 is 1. The van der Waals surface area contributed by atoms with Gasteiger partial charge in [0.2, 0.25) is 5.88 Å². The lowest BCUT2D eigenvalue weighted by molar-refractivity contribution is -0.118. The summed E-state index contributed by atoms with van der Waals surface area (Å²) in [5.74, 6) is -0.117. The van der Waals surface area contributed by atoms with Crippen molar-refractivity contribution >= 4 is 34.4 Å². The van der Waals surface area contributed by atoms with E-state index in [0.29, 0.717) is 34.0 Å². The quantitative estimate of drug-likeness (QED) is 0.342. The molecule has 2 aromatic heterocycles. The van der Waals surface area contributed by atoms with Crippen molar-refractivity contribution in [1.82, 2.24) is 15.3 Å². The van der Waals surface area contributed by atoms with Crippen LogP contribution in [0, 0.1) is 5.82 Å². The van der Waals surface area contributed by atoms with Crippen LogP contribution in [0.25, 0.3) is 11.0 Å². The van der Waals surface area contributed by atoms with Crippen LogP contribution in [0.5, 0.6) is 11.6 Å². The lowest BCUT2D eigenvalue weighted by Gasteiger charge is -2.23. The Hall–Kier alpha value is -4.07. The Morgan fingerprint density at radius 3 is 2.95 bits per heavy atom. The van der Waals surface area contributed by atoms with Crippen LogP contribution in [0.4, 0.5) is 20.6 Å². The van der Waals surface area contributed by atoms with Crippen LogP contribution in [0.3, 0.4) is 0 Å². The van der Waals surface area contributed by atoms with E-state index in [1.807, 2.05) is 0 Å². The van der Waals surface area contributed by atoms with Crippen LogP contribution in [-0.4, -0.2) is 77.3 Å². The van der Waals surface area contributed by atoms with E-state index < -0.39 is 30.2 Å². The molecule has 2 amide bonds. The fourth-order valence-corrected chi connectivity index (χ4v) is 4.19. The van der Waals surface area contributed by atoms with Gasteiger partial charge >= 0.3 is 6.09 Å².